The number of thioether (sulfide) groups is 1. The van der Waals surface area contributed by atoms with Crippen molar-refractivity contribution in [3.8, 4) is 0 Å². The molecule has 0 spiro atoms. The van der Waals surface area contributed by atoms with Gasteiger partial charge in [0.15, 0.2) is 0 Å². The SMILES string of the molecule is CCCC1CCC(NCC)C(Sc2ccoc2C)C1. The topological polar surface area (TPSA) is 25.2 Å². The summed E-state index contributed by atoms with van der Waals surface area (Å²) >= 11 is 2.02. The zero-order valence-corrected chi connectivity index (χ0v) is 13.3. The van der Waals surface area contributed by atoms with E-state index in [1.165, 1.54) is 37.0 Å². The van der Waals surface area contributed by atoms with Crippen LogP contribution < -0.4 is 5.32 Å². The van der Waals surface area contributed by atoms with Crippen molar-refractivity contribution in [2.24, 2.45) is 5.92 Å². The first-order chi connectivity index (χ1) is 9.24. The highest BCUT2D eigenvalue weighted by molar-refractivity contribution is 8.00. The van der Waals surface area contributed by atoms with Crippen molar-refractivity contribution < 1.29 is 4.42 Å². The minimum Gasteiger partial charge on any atom is -0.468 e. The summed E-state index contributed by atoms with van der Waals surface area (Å²) in [7, 11) is 0. The molecule has 1 aliphatic carbocycles. The second kappa shape index (κ2) is 7.39. The second-order valence-electron chi connectivity index (χ2n) is 5.63. The van der Waals surface area contributed by atoms with Gasteiger partial charge in [-0.05, 0) is 44.7 Å². The van der Waals surface area contributed by atoms with Crippen LogP contribution in [0.1, 0.15) is 51.7 Å². The second-order valence-corrected chi connectivity index (χ2v) is 6.91. The van der Waals surface area contributed by atoms with Gasteiger partial charge in [-0.3, -0.25) is 0 Å². The predicted molar refractivity (Wildman–Crippen MR) is 82.8 cm³/mol. The van der Waals surface area contributed by atoms with Gasteiger partial charge in [-0.25, -0.2) is 0 Å². The summed E-state index contributed by atoms with van der Waals surface area (Å²) in [5.41, 5.74) is 0. The van der Waals surface area contributed by atoms with E-state index in [0.29, 0.717) is 11.3 Å². The van der Waals surface area contributed by atoms with Gasteiger partial charge in [0.05, 0.1) is 6.26 Å². The maximum absolute atomic E-state index is 5.43. The molecule has 3 heteroatoms. The summed E-state index contributed by atoms with van der Waals surface area (Å²) < 4.78 is 5.43. The lowest BCUT2D eigenvalue weighted by Gasteiger charge is -2.36. The molecular formula is C16H27NOS. The van der Waals surface area contributed by atoms with Crippen LogP contribution >= 0.6 is 11.8 Å². The molecule has 0 aliphatic heterocycles. The van der Waals surface area contributed by atoms with Crippen LogP contribution in [-0.2, 0) is 0 Å². The summed E-state index contributed by atoms with van der Waals surface area (Å²) in [6, 6.07) is 2.78. The Morgan fingerprint density at radius 3 is 2.84 bits per heavy atom. The molecule has 2 rings (SSSR count). The van der Waals surface area contributed by atoms with E-state index in [1.54, 1.807) is 0 Å². The first-order valence-corrected chi connectivity index (χ1v) is 8.56. The lowest BCUT2D eigenvalue weighted by Crippen LogP contribution is -2.42. The molecule has 3 unspecified atom stereocenters. The van der Waals surface area contributed by atoms with Crippen molar-refractivity contribution >= 4 is 11.8 Å². The summed E-state index contributed by atoms with van der Waals surface area (Å²) in [5, 5.41) is 4.37. The molecular weight excluding hydrogens is 254 g/mol. The molecule has 0 saturated heterocycles. The van der Waals surface area contributed by atoms with Gasteiger partial charge in [-0.1, -0.05) is 26.7 Å². The van der Waals surface area contributed by atoms with Gasteiger partial charge in [0, 0.05) is 16.2 Å². The highest BCUT2D eigenvalue weighted by atomic mass is 32.2. The van der Waals surface area contributed by atoms with Crippen LogP contribution in [0, 0.1) is 12.8 Å². The maximum atomic E-state index is 5.43. The van der Waals surface area contributed by atoms with Crippen LogP contribution in [0.15, 0.2) is 21.6 Å². The number of furan rings is 1. The quantitative estimate of drug-likeness (QED) is 0.823. The largest absolute Gasteiger partial charge is 0.468 e. The molecule has 1 saturated carbocycles. The van der Waals surface area contributed by atoms with Gasteiger partial charge in [-0.15, -0.1) is 11.8 Å². The van der Waals surface area contributed by atoms with Gasteiger partial charge in [0.25, 0.3) is 0 Å². The normalized spacial score (nSPS) is 27.6. The average Bonchev–Trinajstić information content (AvgIpc) is 2.79. The highest BCUT2D eigenvalue weighted by Crippen LogP contribution is 2.39. The minimum absolute atomic E-state index is 0.664. The highest BCUT2D eigenvalue weighted by Gasteiger charge is 2.30. The van der Waals surface area contributed by atoms with E-state index in [-0.39, 0.29) is 0 Å². The Morgan fingerprint density at radius 2 is 2.21 bits per heavy atom. The van der Waals surface area contributed by atoms with E-state index in [2.05, 4.69) is 32.2 Å². The van der Waals surface area contributed by atoms with Gasteiger partial charge >= 0.3 is 0 Å². The molecule has 19 heavy (non-hydrogen) atoms. The smallest absolute Gasteiger partial charge is 0.114 e. The van der Waals surface area contributed by atoms with Gasteiger partial charge < -0.3 is 9.73 Å². The van der Waals surface area contributed by atoms with Gasteiger partial charge in [-0.2, -0.15) is 0 Å². The third-order valence-electron chi connectivity index (χ3n) is 4.15. The Bertz CT molecular complexity index is 377. The molecule has 3 atom stereocenters. The number of hydrogen-bond acceptors (Lipinski definition) is 3. The zero-order chi connectivity index (χ0) is 13.7. The van der Waals surface area contributed by atoms with Gasteiger partial charge in [0.1, 0.15) is 5.76 Å². The fourth-order valence-corrected chi connectivity index (χ4v) is 4.61. The Kier molecular flexibility index (Phi) is 5.83. The Hall–Kier alpha value is -0.410. The summed E-state index contributed by atoms with van der Waals surface area (Å²) in [5.74, 6) is 1.99. The van der Waals surface area contributed by atoms with Crippen LogP contribution in [0.3, 0.4) is 0 Å². The molecule has 1 fully saturated rings. The first kappa shape index (κ1) is 15.0. The van der Waals surface area contributed by atoms with Crippen molar-refractivity contribution in [3.63, 3.8) is 0 Å². The molecule has 1 aromatic rings. The van der Waals surface area contributed by atoms with E-state index in [0.717, 1.165) is 18.2 Å². The van der Waals surface area contributed by atoms with E-state index < -0.39 is 0 Å². The van der Waals surface area contributed by atoms with Crippen molar-refractivity contribution in [3.05, 3.63) is 18.1 Å². The molecule has 1 heterocycles. The van der Waals surface area contributed by atoms with E-state index >= 15 is 0 Å². The van der Waals surface area contributed by atoms with Crippen molar-refractivity contribution in [1.82, 2.24) is 5.32 Å². The van der Waals surface area contributed by atoms with Crippen LogP contribution in [0.4, 0.5) is 0 Å². The lowest BCUT2D eigenvalue weighted by molar-refractivity contribution is 0.289. The molecule has 1 aliphatic rings. The maximum Gasteiger partial charge on any atom is 0.114 e. The van der Waals surface area contributed by atoms with E-state index in [1.807, 2.05) is 18.0 Å². The van der Waals surface area contributed by atoms with Crippen molar-refractivity contribution in [2.75, 3.05) is 6.54 Å². The minimum atomic E-state index is 0.664. The van der Waals surface area contributed by atoms with Crippen molar-refractivity contribution in [1.29, 1.82) is 0 Å². The fraction of sp³-hybridized carbons (Fsp3) is 0.750. The Morgan fingerprint density at radius 1 is 1.37 bits per heavy atom. The lowest BCUT2D eigenvalue weighted by atomic mass is 9.83. The first-order valence-electron chi connectivity index (χ1n) is 7.68. The van der Waals surface area contributed by atoms with Crippen LogP contribution in [0.25, 0.3) is 0 Å². The van der Waals surface area contributed by atoms with Crippen molar-refractivity contribution in [2.45, 2.75) is 69.1 Å². The van der Waals surface area contributed by atoms with Gasteiger partial charge in [0.2, 0.25) is 0 Å². The summed E-state index contributed by atoms with van der Waals surface area (Å²) in [4.78, 5) is 1.32. The molecule has 0 amide bonds. The van der Waals surface area contributed by atoms with Crippen LogP contribution in [0.5, 0.6) is 0 Å². The monoisotopic (exact) mass is 281 g/mol. The Labute approximate surface area is 121 Å². The average molecular weight is 281 g/mol. The van der Waals surface area contributed by atoms with Crippen LogP contribution in [0.2, 0.25) is 0 Å². The number of nitrogens with one attached hydrogen (secondary N) is 1. The number of hydrogen-bond donors (Lipinski definition) is 1. The summed E-state index contributed by atoms with van der Waals surface area (Å²) in [6.07, 6.45) is 8.59. The standard InChI is InChI=1S/C16H27NOS/c1-4-6-13-7-8-14(17-5-2)16(11-13)19-15-9-10-18-12(15)3/h9-10,13-14,16-17H,4-8,11H2,1-3H3. The van der Waals surface area contributed by atoms with Crippen LogP contribution in [-0.4, -0.2) is 17.8 Å². The molecule has 108 valence electrons. The summed E-state index contributed by atoms with van der Waals surface area (Å²) in [6.45, 7) is 7.66. The Balaban J connectivity index is 2.00. The zero-order valence-electron chi connectivity index (χ0n) is 12.4. The number of rotatable bonds is 6. The van der Waals surface area contributed by atoms with E-state index in [4.69, 9.17) is 4.42 Å². The molecule has 0 bridgehead atoms. The number of aryl methyl sites for hydroxylation is 1. The predicted octanol–water partition coefficient (Wildman–Crippen LogP) is 4.63. The molecule has 1 aromatic heterocycles. The molecule has 0 radical (unpaired) electrons. The molecule has 0 aromatic carbocycles. The molecule has 2 nitrogen and oxygen atoms in total. The molecule has 1 N–H and O–H groups in total. The fourth-order valence-electron chi connectivity index (χ4n) is 3.17. The third kappa shape index (κ3) is 4.03. The van der Waals surface area contributed by atoms with E-state index in [9.17, 15) is 0 Å². The third-order valence-corrected chi connectivity index (χ3v) is 5.65.